The molecule has 4 N–H and O–H groups in total. The molecule has 0 aliphatic heterocycles. The van der Waals surface area contributed by atoms with Gasteiger partial charge in [0.15, 0.2) is 11.5 Å². The Labute approximate surface area is 121 Å². The predicted molar refractivity (Wildman–Crippen MR) is 80.6 cm³/mol. The van der Waals surface area contributed by atoms with Crippen LogP contribution in [0.3, 0.4) is 0 Å². The summed E-state index contributed by atoms with van der Waals surface area (Å²) >= 11 is 0. The van der Waals surface area contributed by atoms with E-state index in [-0.39, 0.29) is 5.75 Å². The molecule has 0 saturated carbocycles. The first-order valence-corrected chi connectivity index (χ1v) is 6.16. The molecular weight excluding hydrogens is 270 g/mol. The van der Waals surface area contributed by atoms with E-state index in [2.05, 4.69) is 10.5 Å². The van der Waals surface area contributed by atoms with Gasteiger partial charge >= 0.3 is 0 Å². The van der Waals surface area contributed by atoms with Crippen molar-refractivity contribution in [2.45, 2.75) is 0 Å². The van der Waals surface area contributed by atoms with Gasteiger partial charge in [0.25, 0.3) is 5.91 Å². The maximum atomic E-state index is 11.8. The molecule has 2 rings (SSSR count). The summed E-state index contributed by atoms with van der Waals surface area (Å²) in [6.45, 7) is 0. The van der Waals surface area contributed by atoms with E-state index in [1.165, 1.54) is 19.4 Å². The number of benzene rings is 2. The molecule has 2 aromatic rings. The Morgan fingerprint density at radius 1 is 1.33 bits per heavy atom. The van der Waals surface area contributed by atoms with Crippen LogP contribution in [0.15, 0.2) is 47.6 Å². The summed E-state index contributed by atoms with van der Waals surface area (Å²) in [6.07, 6.45) is 1.41. The maximum absolute atomic E-state index is 11.8. The number of anilines is 1. The number of nitrogens with one attached hydrogen (secondary N) is 1. The zero-order valence-corrected chi connectivity index (χ0v) is 11.4. The zero-order chi connectivity index (χ0) is 15.2. The van der Waals surface area contributed by atoms with Crippen molar-refractivity contribution in [2.75, 3.05) is 12.8 Å². The monoisotopic (exact) mass is 285 g/mol. The molecule has 0 unspecified atom stereocenters. The molecule has 0 bridgehead atoms. The van der Waals surface area contributed by atoms with Crippen molar-refractivity contribution in [3.63, 3.8) is 0 Å². The first-order chi connectivity index (χ1) is 10.1. The van der Waals surface area contributed by atoms with Gasteiger partial charge in [-0.25, -0.2) is 5.43 Å². The number of hydrogen-bond donors (Lipinski definition) is 3. The van der Waals surface area contributed by atoms with Crippen LogP contribution in [0.4, 0.5) is 5.69 Å². The van der Waals surface area contributed by atoms with Crippen molar-refractivity contribution in [3.8, 4) is 11.5 Å². The number of hydrazone groups is 1. The first kappa shape index (κ1) is 14.4. The van der Waals surface area contributed by atoms with Crippen LogP contribution in [0.1, 0.15) is 15.9 Å². The van der Waals surface area contributed by atoms with Crippen LogP contribution < -0.4 is 15.9 Å². The van der Waals surface area contributed by atoms with Crippen LogP contribution in [0.2, 0.25) is 0 Å². The number of aromatic hydroxyl groups is 1. The molecule has 0 spiro atoms. The molecule has 6 heteroatoms. The Morgan fingerprint density at radius 3 is 2.76 bits per heavy atom. The lowest BCUT2D eigenvalue weighted by Crippen LogP contribution is -2.18. The molecule has 0 atom stereocenters. The summed E-state index contributed by atoms with van der Waals surface area (Å²) in [7, 11) is 1.47. The summed E-state index contributed by atoms with van der Waals surface area (Å²) in [5.74, 6) is -0.0320. The first-order valence-electron chi connectivity index (χ1n) is 6.16. The van der Waals surface area contributed by atoms with Gasteiger partial charge in [0, 0.05) is 5.69 Å². The number of carbonyl (C=O) groups excluding carboxylic acids is 1. The van der Waals surface area contributed by atoms with Crippen molar-refractivity contribution >= 4 is 17.8 Å². The summed E-state index contributed by atoms with van der Waals surface area (Å²) in [6, 6.07) is 11.5. The molecule has 0 radical (unpaired) electrons. The number of amides is 1. The van der Waals surface area contributed by atoms with E-state index < -0.39 is 5.91 Å². The standard InChI is InChI=1S/C15H15N3O3/c1-21-14-7-6-10(8-13(14)19)9-17-18-15(20)11-4-2-3-5-12(11)16/h2-9,19H,16H2,1H3,(H,18,20)/b17-9-. The van der Waals surface area contributed by atoms with Gasteiger partial charge in [-0.05, 0) is 35.9 Å². The fraction of sp³-hybridized carbons (Fsp3) is 0.0667. The van der Waals surface area contributed by atoms with E-state index in [1.807, 2.05) is 0 Å². The molecule has 0 fully saturated rings. The van der Waals surface area contributed by atoms with Gasteiger partial charge in [0.1, 0.15) is 0 Å². The molecule has 1 amide bonds. The Morgan fingerprint density at radius 2 is 2.10 bits per heavy atom. The Balaban J connectivity index is 2.04. The van der Waals surface area contributed by atoms with Crippen molar-refractivity contribution in [1.82, 2.24) is 5.43 Å². The van der Waals surface area contributed by atoms with E-state index in [4.69, 9.17) is 10.5 Å². The highest BCUT2D eigenvalue weighted by atomic mass is 16.5. The van der Waals surface area contributed by atoms with Gasteiger partial charge in [-0.1, -0.05) is 12.1 Å². The average molecular weight is 285 g/mol. The molecule has 108 valence electrons. The van der Waals surface area contributed by atoms with Gasteiger partial charge in [-0.15, -0.1) is 0 Å². The second kappa shape index (κ2) is 6.42. The molecule has 2 aromatic carbocycles. The van der Waals surface area contributed by atoms with Gasteiger partial charge in [0.05, 0.1) is 18.9 Å². The van der Waals surface area contributed by atoms with Crippen LogP contribution in [0.5, 0.6) is 11.5 Å². The third-order valence-corrected chi connectivity index (χ3v) is 2.79. The molecule has 0 aliphatic rings. The number of carbonyl (C=O) groups is 1. The Bertz CT molecular complexity index is 684. The largest absolute Gasteiger partial charge is 0.504 e. The third-order valence-electron chi connectivity index (χ3n) is 2.79. The number of methoxy groups -OCH3 is 1. The summed E-state index contributed by atoms with van der Waals surface area (Å²) in [5.41, 5.74) is 9.43. The SMILES string of the molecule is COc1ccc(/C=N\NC(=O)c2ccccc2N)cc1O. The molecule has 0 saturated heterocycles. The van der Waals surface area contributed by atoms with Crippen molar-refractivity contribution < 1.29 is 14.6 Å². The smallest absolute Gasteiger partial charge is 0.273 e. The summed E-state index contributed by atoms with van der Waals surface area (Å²) in [4.78, 5) is 11.8. The van der Waals surface area contributed by atoms with Gasteiger partial charge in [0.2, 0.25) is 0 Å². The highest BCUT2D eigenvalue weighted by molar-refractivity contribution is 5.99. The van der Waals surface area contributed by atoms with E-state index in [9.17, 15) is 9.90 Å². The van der Waals surface area contributed by atoms with E-state index >= 15 is 0 Å². The molecule has 0 aliphatic carbocycles. The van der Waals surface area contributed by atoms with Gasteiger partial charge in [-0.2, -0.15) is 5.10 Å². The molecular formula is C15H15N3O3. The zero-order valence-electron chi connectivity index (χ0n) is 11.4. The number of phenolic OH excluding ortho intramolecular Hbond substituents is 1. The maximum Gasteiger partial charge on any atom is 0.273 e. The molecule has 6 nitrogen and oxygen atoms in total. The molecule has 0 aromatic heterocycles. The van der Waals surface area contributed by atoms with E-state index in [0.717, 1.165) is 0 Å². The van der Waals surface area contributed by atoms with Crippen LogP contribution >= 0.6 is 0 Å². The van der Waals surface area contributed by atoms with Gasteiger partial charge < -0.3 is 15.6 Å². The minimum Gasteiger partial charge on any atom is -0.504 e. The number of phenols is 1. The highest BCUT2D eigenvalue weighted by Crippen LogP contribution is 2.25. The quantitative estimate of drug-likeness (QED) is 0.453. The van der Waals surface area contributed by atoms with E-state index in [1.54, 1.807) is 36.4 Å². The topological polar surface area (TPSA) is 96.9 Å². The van der Waals surface area contributed by atoms with E-state index in [0.29, 0.717) is 22.6 Å². The predicted octanol–water partition coefficient (Wildman–Crippen LogP) is 1.75. The molecule has 21 heavy (non-hydrogen) atoms. The van der Waals surface area contributed by atoms with Crippen LogP contribution in [-0.2, 0) is 0 Å². The van der Waals surface area contributed by atoms with Crippen LogP contribution in [0.25, 0.3) is 0 Å². The average Bonchev–Trinajstić information content (AvgIpc) is 2.48. The minimum absolute atomic E-state index is 0.0000744. The minimum atomic E-state index is -0.401. The number of hydrogen-bond acceptors (Lipinski definition) is 5. The lowest BCUT2D eigenvalue weighted by molar-refractivity contribution is 0.0956. The van der Waals surface area contributed by atoms with Crippen LogP contribution in [-0.4, -0.2) is 24.3 Å². The second-order valence-electron chi connectivity index (χ2n) is 4.22. The number of nitrogens with zero attached hydrogens (tertiary/aromatic N) is 1. The Kier molecular flexibility index (Phi) is 4.40. The normalized spacial score (nSPS) is 10.5. The summed E-state index contributed by atoms with van der Waals surface area (Å²) < 4.78 is 4.94. The fourth-order valence-electron chi connectivity index (χ4n) is 1.72. The fourth-order valence-corrected chi connectivity index (χ4v) is 1.72. The second-order valence-corrected chi connectivity index (χ2v) is 4.22. The van der Waals surface area contributed by atoms with Crippen molar-refractivity contribution in [2.24, 2.45) is 5.10 Å². The summed E-state index contributed by atoms with van der Waals surface area (Å²) in [5, 5.41) is 13.4. The highest BCUT2D eigenvalue weighted by Gasteiger charge is 2.07. The molecule has 0 heterocycles. The number of para-hydroxylation sites is 1. The number of rotatable bonds is 4. The van der Waals surface area contributed by atoms with Gasteiger partial charge in [-0.3, -0.25) is 4.79 Å². The Hall–Kier alpha value is -3.02. The number of ether oxygens (including phenoxy) is 1. The third kappa shape index (κ3) is 3.50. The lowest BCUT2D eigenvalue weighted by atomic mass is 10.2. The lowest BCUT2D eigenvalue weighted by Gasteiger charge is -2.04. The number of nitrogens with two attached hydrogens (primary N) is 1. The van der Waals surface area contributed by atoms with Crippen molar-refractivity contribution in [3.05, 3.63) is 53.6 Å². The number of nitrogen functional groups attached to an aromatic ring is 1. The van der Waals surface area contributed by atoms with Crippen molar-refractivity contribution in [1.29, 1.82) is 0 Å². The van der Waals surface area contributed by atoms with Crippen LogP contribution in [0, 0.1) is 0 Å².